The van der Waals surface area contributed by atoms with Gasteiger partial charge in [0, 0.05) is 30.4 Å². The Kier molecular flexibility index (Phi) is 6.76. The van der Waals surface area contributed by atoms with Gasteiger partial charge in [0.15, 0.2) is 0 Å². The van der Waals surface area contributed by atoms with Crippen LogP contribution in [0.5, 0.6) is 0 Å². The van der Waals surface area contributed by atoms with Gasteiger partial charge < -0.3 is 10.4 Å². The predicted octanol–water partition coefficient (Wildman–Crippen LogP) is 4.11. The van der Waals surface area contributed by atoms with Crippen LogP contribution < -0.4 is 10.3 Å². The van der Waals surface area contributed by atoms with Gasteiger partial charge >= 0.3 is 5.97 Å². The third kappa shape index (κ3) is 5.13. The standard InChI is InChI=1S/C22H22N4O5/c1-2-15-6-3-4-7-19(15)23-14-18-20(8-5-9-21(27)28)24-25(22(18)29)16-10-12-17(13-11-16)26(30)31/h3-4,6-7,10-14,23H,2,5,8-9H2,1H3,(H,27,28)/b18-14+. The number of hydrogen-bond donors (Lipinski definition) is 2. The summed E-state index contributed by atoms with van der Waals surface area (Å²) < 4.78 is 0. The maximum absolute atomic E-state index is 13.1. The summed E-state index contributed by atoms with van der Waals surface area (Å²) in [4.78, 5) is 34.3. The van der Waals surface area contributed by atoms with Crippen LogP contribution in [0.4, 0.5) is 17.1 Å². The van der Waals surface area contributed by atoms with Crippen LogP contribution in [0, 0.1) is 10.1 Å². The number of anilines is 2. The number of amides is 1. The van der Waals surface area contributed by atoms with Crippen molar-refractivity contribution < 1.29 is 19.6 Å². The van der Waals surface area contributed by atoms with Crippen molar-refractivity contribution in [3.05, 3.63) is 76.0 Å². The third-order valence-corrected chi connectivity index (χ3v) is 4.83. The number of nitrogens with one attached hydrogen (secondary N) is 1. The smallest absolute Gasteiger partial charge is 0.303 e. The number of hydrogen-bond acceptors (Lipinski definition) is 6. The Balaban J connectivity index is 1.88. The van der Waals surface area contributed by atoms with Crippen molar-refractivity contribution in [1.82, 2.24) is 0 Å². The second kappa shape index (κ2) is 9.66. The van der Waals surface area contributed by atoms with Gasteiger partial charge in [0.2, 0.25) is 0 Å². The third-order valence-electron chi connectivity index (χ3n) is 4.83. The molecule has 31 heavy (non-hydrogen) atoms. The summed E-state index contributed by atoms with van der Waals surface area (Å²) in [6.45, 7) is 2.03. The highest BCUT2D eigenvalue weighted by molar-refractivity contribution is 6.30. The monoisotopic (exact) mass is 422 g/mol. The minimum atomic E-state index is -0.919. The molecule has 0 saturated carbocycles. The first kappa shape index (κ1) is 21.7. The molecular formula is C22H22N4O5. The molecule has 0 unspecified atom stereocenters. The molecule has 0 aromatic heterocycles. The Hall–Kier alpha value is -4.01. The number of carbonyl (C=O) groups excluding carboxylic acids is 1. The molecule has 1 heterocycles. The molecule has 160 valence electrons. The zero-order valence-electron chi connectivity index (χ0n) is 16.9. The van der Waals surface area contributed by atoms with E-state index in [2.05, 4.69) is 10.4 Å². The fourth-order valence-electron chi connectivity index (χ4n) is 3.20. The summed E-state index contributed by atoms with van der Waals surface area (Å²) in [6.07, 6.45) is 3.00. The number of benzene rings is 2. The zero-order chi connectivity index (χ0) is 22.4. The molecule has 0 bridgehead atoms. The summed E-state index contributed by atoms with van der Waals surface area (Å²) in [5.74, 6) is -1.31. The lowest BCUT2D eigenvalue weighted by molar-refractivity contribution is -0.384. The number of aryl methyl sites for hydroxylation is 1. The molecule has 9 nitrogen and oxygen atoms in total. The van der Waals surface area contributed by atoms with Crippen LogP contribution in [0.25, 0.3) is 0 Å². The van der Waals surface area contributed by atoms with E-state index in [0.29, 0.717) is 29.8 Å². The Morgan fingerprint density at radius 3 is 2.58 bits per heavy atom. The van der Waals surface area contributed by atoms with Crippen LogP contribution in [-0.4, -0.2) is 27.6 Å². The molecule has 2 aromatic rings. The normalized spacial score (nSPS) is 14.6. The first-order chi connectivity index (χ1) is 14.9. The van der Waals surface area contributed by atoms with Gasteiger partial charge in [-0.05, 0) is 43.0 Å². The lowest BCUT2D eigenvalue weighted by Crippen LogP contribution is -2.22. The quantitative estimate of drug-likeness (QED) is 0.356. The van der Waals surface area contributed by atoms with Crippen LogP contribution >= 0.6 is 0 Å². The van der Waals surface area contributed by atoms with E-state index in [1.807, 2.05) is 31.2 Å². The van der Waals surface area contributed by atoms with E-state index in [-0.39, 0.29) is 18.0 Å². The Labute approximate surface area is 178 Å². The summed E-state index contributed by atoms with van der Waals surface area (Å²) in [5, 5.41) is 28.5. The van der Waals surface area contributed by atoms with E-state index >= 15 is 0 Å². The van der Waals surface area contributed by atoms with Crippen molar-refractivity contribution in [1.29, 1.82) is 0 Å². The number of rotatable bonds is 9. The van der Waals surface area contributed by atoms with Gasteiger partial charge in [-0.1, -0.05) is 25.1 Å². The minimum Gasteiger partial charge on any atom is -0.481 e. The molecule has 1 amide bonds. The highest BCUT2D eigenvalue weighted by Gasteiger charge is 2.31. The zero-order valence-corrected chi connectivity index (χ0v) is 16.9. The van der Waals surface area contributed by atoms with Gasteiger partial charge in [-0.15, -0.1) is 0 Å². The SMILES string of the molecule is CCc1ccccc1N/C=C1/C(=O)N(c2ccc([N+](=O)[O-])cc2)N=C1CCCC(=O)O. The minimum absolute atomic E-state index is 0.0376. The van der Waals surface area contributed by atoms with Crippen molar-refractivity contribution in [3.8, 4) is 0 Å². The molecule has 0 atom stereocenters. The van der Waals surface area contributed by atoms with Gasteiger partial charge in [0.05, 0.1) is 21.9 Å². The highest BCUT2D eigenvalue weighted by Crippen LogP contribution is 2.27. The van der Waals surface area contributed by atoms with E-state index < -0.39 is 10.9 Å². The van der Waals surface area contributed by atoms with Crippen LogP contribution in [0.3, 0.4) is 0 Å². The molecule has 1 aliphatic rings. The van der Waals surface area contributed by atoms with Crippen LogP contribution in [-0.2, 0) is 16.0 Å². The van der Waals surface area contributed by atoms with E-state index in [4.69, 9.17) is 5.11 Å². The van der Waals surface area contributed by atoms with Gasteiger partial charge in [0.1, 0.15) is 0 Å². The number of carboxylic acids is 1. The number of nitro benzene ring substituents is 1. The largest absolute Gasteiger partial charge is 0.481 e. The molecule has 0 radical (unpaired) electrons. The van der Waals surface area contributed by atoms with Crippen molar-refractivity contribution in [3.63, 3.8) is 0 Å². The number of carboxylic acid groups (broad SMARTS) is 1. The van der Waals surface area contributed by atoms with Crippen LogP contribution in [0.15, 0.2) is 65.4 Å². The number of aliphatic carboxylic acids is 1. The first-order valence-corrected chi connectivity index (χ1v) is 9.84. The number of hydrazone groups is 1. The first-order valence-electron chi connectivity index (χ1n) is 9.84. The number of para-hydroxylation sites is 1. The van der Waals surface area contributed by atoms with Crippen molar-refractivity contribution in [2.45, 2.75) is 32.6 Å². The number of nitrogens with zero attached hydrogens (tertiary/aromatic N) is 3. The van der Waals surface area contributed by atoms with Crippen molar-refractivity contribution in [2.75, 3.05) is 10.3 Å². The number of carbonyl (C=O) groups is 2. The van der Waals surface area contributed by atoms with E-state index in [1.54, 1.807) is 6.20 Å². The summed E-state index contributed by atoms with van der Waals surface area (Å²) in [6, 6.07) is 13.2. The Morgan fingerprint density at radius 2 is 1.94 bits per heavy atom. The van der Waals surface area contributed by atoms with E-state index in [0.717, 1.165) is 17.7 Å². The summed E-state index contributed by atoms with van der Waals surface area (Å²) in [7, 11) is 0. The molecule has 0 saturated heterocycles. The topological polar surface area (TPSA) is 125 Å². The lowest BCUT2D eigenvalue weighted by atomic mass is 10.1. The maximum Gasteiger partial charge on any atom is 0.303 e. The van der Waals surface area contributed by atoms with Crippen LogP contribution in [0.1, 0.15) is 31.7 Å². The molecule has 0 fully saturated rings. The van der Waals surface area contributed by atoms with Crippen molar-refractivity contribution in [2.24, 2.45) is 5.10 Å². The second-order valence-electron chi connectivity index (χ2n) is 6.90. The van der Waals surface area contributed by atoms with Gasteiger partial charge in [-0.3, -0.25) is 19.7 Å². The predicted molar refractivity (Wildman–Crippen MR) is 117 cm³/mol. The average molecular weight is 422 g/mol. The molecular weight excluding hydrogens is 400 g/mol. The number of nitro groups is 1. The van der Waals surface area contributed by atoms with Gasteiger partial charge in [-0.2, -0.15) is 10.1 Å². The molecule has 2 aromatic carbocycles. The maximum atomic E-state index is 13.1. The fourth-order valence-corrected chi connectivity index (χ4v) is 3.20. The number of non-ortho nitro benzene ring substituents is 1. The van der Waals surface area contributed by atoms with Crippen LogP contribution in [0.2, 0.25) is 0 Å². The average Bonchev–Trinajstić information content (AvgIpc) is 3.07. The fraction of sp³-hybridized carbons (Fsp3) is 0.227. The second-order valence-corrected chi connectivity index (χ2v) is 6.90. The Bertz CT molecular complexity index is 1060. The molecule has 1 aliphatic heterocycles. The molecule has 2 N–H and O–H groups in total. The van der Waals surface area contributed by atoms with Gasteiger partial charge in [0.25, 0.3) is 11.6 Å². The Morgan fingerprint density at radius 1 is 1.23 bits per heavy atom. The lowest BCUT2D eigenvalue weighted by Gasteiger charge is -2.11. The molecule has 3 rings (SSSR count). The highest BCUT2D eigenvalue weighted by atomic mass is 16.6. The summed E-state index contributed by atoms with van der Waals surface area (Å²) >= 11 is 0. The molecule has 9 heteroatoms. The van der Waals surface area contributed by atoms with Crippen molar-refractivity contribution >= 4 is 34.7 Å². The summed E-state index contributed by atoms with van der Waals surface area (Å²) in [5.41, 5.74) is 3.05. The van der Waals surface area contributed by atoms with E-state index in [9.17, 15) is 19.7 Å². The molecule has 0 aliphatic carbocycles. The van der Waals surface area contributed by atoms with Gasteiger partial charge in [-0.25, -0.2) is 0 Å². The molecule has 0 spiro atoms. The van der Waals surface area contributed by atoms with E-state index in [1.165, 1.54) is 29.3 Å².